The maximum Gasteiger partial charge on any atom is 0.335 e. The molecule has 2 rings (SSSR count). The van der Waals surface area contributed by atoms with E-state index in [4.69, 9.17) is 9.84 Å². The molecule has 0 aliphatic carbocycles. The van der Waals surface area contributed by atoms with Crippen LogP contribution in [0, 0.1) is 0 Å². The number of anilines is 1. The second-order valence-corrected chi connectivity index (χ2v) is 4.88. The summed E-state index contributed by atoms with van der Waals surface area (Å²) in [5.41, 5.74) is 1.05. The quantitative estimate of drug-likeness (QED) is 0.854. The first-order valence-electron chi connectivity index (χ1n) is 6.72. The van der Waals surface area contributed by atoms with Crippen molar-refractivity contribution < 1.29 is 14.6 Å². The molecule has 5 heteroatoms. The van der Waals surface area contributed by atoms with E-state index in [1.165, 1.54) is 0 Å². The summed E-state index contributed by atoms with van der Waals surface area (Å²) in [6.07, 6.45) is 3.01. The van der Waals surface area contributed by atoms with Gasteiger partial charge in [0.2, 0.25) is 0 Å². The van der Waals surface area contributed by atoms with Crippen LogP contribution in [0.1, 0.15) is 42.7 Å². The van der Waals surface area contributed by atoms with Crippen molar-refractivity contribution in [2.24, 2.45) is 0 Å². The summed E-state index contributed by atoms with van der Waals surface area (Å²) in [5, 5.41) is 12.3. The lowest BCUT2D eigenvalue weighted by Gasteiger charge is -2.21. The third kappa shape index (κ3) is 3.44. The molecule has 1 aromatic heterocycles. The molecular formula is C14H20N2O3. The van der Waals surface area contributed by atoms with Gasteiger partial charge in [-0.25, -0.2) is 9.78 Å². The lowest BCUT2D eigenvalue weighted by atomic mass is 10.1. The molecule has 2 unspecified atom stereocenters. The number of ether oxygens (including phenoxy) is 1. The standard InChI is InChI=1S/C14H20N2O3/c1-3-11-7-10(14(17)18)8-13(16-11)15-9(2)12-5-4-6-19-12/h7-9,12H,3-6H2,1-2H3,(H,15,16)(H,17,18). The molecule has 1 saturated heterocycles. The number of rotatable bonds is 5. The average molecular weight is 264 g/mol. The summed E-state index contributed by atoms with van der Waals surface area (Å²) in [6, 6.07) is 3.32. The predicted octanol–water partition coefficient (Wildman–Crippen LogP) is 2.32. The Hall–Kier alpha value is -1.62. The Morgan fingerprint density at radius 1 is 1.63 bits per heavy atom. The van der Waals surface area contributed by atoms with E-state index in [9.17, 15) is 4.79 Å². The van der Waals surface area contributed by atoms with Crippen LogP contribution in [0.3, 0.4) is 0 Å². The van der Waals surface area contributed by atoms with Gasteiger partial charge in [0.25, 0.3) is 0 Å². The Kier molecular flexibility index (Phi) is 4.37. The molecule has 0 bridgehead atoms. The summed E-state index contributed by atoms with van der Waals surface area (Å²) in [5.74, 6) is -0.315. The van der Waals surface area contributed by atoms with Crippen molar-refractivity contribution >= 4 is 11.8 Å². The van der Waals surface area contributed by atoms with E-state index in [1.54, 1.807) is 12.1 Å². The van der Waals surface area contributed by atoms with Crippen molar-refractivity contribution in [2.75, 3.05) is 11.9 Å². The Labute approximate surface area is 113 Å². The fourth-order valence-electron chi connectivity index (χ4n) is 2.29. The van der Waals surface area contributed by atoms with Crippen LogP contribution in [0.4, 0.5) is 5.82 Å². The molecule has 2 N–H and O–H groups in total. The van der Waals surface area contributed by atoms with Gasteiger partial charge in [0, 0.05) is 12.3 Å². The molecule has 0 aromatic carbocycles. The molecule has 1 aliphatic rings. The third-order valence-corrected chi connectivity index (χ3v) is 3.39. The first-order chi connectivity index (χ1) is 9.10. The van der Waals surface area contributed by atoms with E-state index >= 15 is 0 Å². The van der Waals surface area contributed by atoms with E-state index in [0.29, 0.717) is 12.2 Å². The highest BCUT2D eigenvalue weighted by Crippen LogP contribution is 2.19. The molecule has 2 atom stereocenters. The van der Waals surface area contributed by atoms with Crippen molar-refractivity contribution in [3.05, 3.63) is 23.4 Å². The van der Waals surface area contributed by atoms with Crippen LogP contribution in [-0.4, -0.2) is 34.8 Å². The van der Waals surface area contributed by atoms with Crippen LogP contribution in [0.2, 0.25) is 0 Å². The van der Waals surface area contributed by atoms with E-state index in [1.807, 2.05) is 13.8 Å². The fraction of sp³-hybridized carbons (Fsp3) is 0.571. The molecule has 2 heterocycles. The first kappa shape index (κ1) is 13.8. The van der Waals surface area contributed by atoms with Crippen LogP contribution in [0.5, 0.6) is 0 Å². The van der Waals surface area contributed by atoms with Gasteiger partial charge >= 0.3 is 5.97 Å². The van der Waals surface area contributed by atoms with Gasteiger partial charge in [-0.15, -0.1) is 0 Å². The Morgan fingerprint density at radius 2 is 2.42 bits per heavy atom. The second-order valence-electron chi connectivity index (χ2n) is 4.88. The summed E-state index contributed by atoms with van der Waals surface area (Å²) in [4.78, 5) is 15.5. The maximum atomic E-state index is 11.1. The Balaban J connectivity index is 2.14. The normalized spacial score (nSPS) is 20.2. The van der Waals surface area contributed by atoms with Gasteiger partial charge in [0.1, 0.15) is 5.82 Å². The Bertz CT molecular complexity index is 456. The van der Waals surface area contributed by atoms with Crippen LogP contribution in [0.15, 0.2) is 12.1 Å². The maximum absolute atomic E-state index is 11.1. The number of carbonyl (C=O) groups is 1. The number of aromatic nitrogens is 1. The molecule has 0 spiro atoms. The van der Waals surface area contributed by atoms with E-state index < -0.39 is 5.97 Å². The number of hydrogen-bond donors (Lipinski definition) is 2. The van der Waals surface area contributed by atoms with Gasteiger partial charge in [0.05, 0.1) is 17.7 Å². The largest absolute Gasteiger partial charge is 0.478 e. The molecule has 0 amide bonds. The van der Waals surface area contributed by atoms with Crippen molar-refractivity contribution in [3.63, 3.8) is 0 Å². The minimum absolute atomic E-state index is 0.128. The van der Waals surface area contributed by atoms with Crippen molar-refractivity contribution in [3.8, 4) is 0 Å². The minimum Gasteiger partial charge on any atom is -0.478 e. The number of hydrogen-bond acceptors (Lipinski definition) is 4. The van der Waals surface area contributed by atoms with Gasteiger partial charge in [-0.1, -0.05) is 6.92 Å². The molecule has 0 saturated carbocycles. The fourth-order valence-corrected chi connectivity index (χ4v) is 2.29. The highest BCUT2D eigenvalue weighted by Gasteiger charge is 2.22. The summed E-state index contributed by atoms with van der Waals surface area (Å²) in [7, 11) is 0. The monoisotopic (exact) mass is 264 g/mol. The van der Waals surface area contributed by atoms with Crippen molar-refractivity contribution in [1.82, 2.24) is 4.98 Å². The van der Waals surface area contributed by atoms with Gasteiger partial charge in [-0.05, 0) is 38.3 Å². The SMILES string of the molecule is CCc1cc(C(=O)O)cc(NC(C)C2CCCO2)n1. The number of aromatic carboxylic acids is 1. The van der Waals surface area contributed by atoms with Crippen LogP contribution in [-0.2, 0) is 11.2 Å². The molecule has 5 nitrogen and oxygen atoms in total. The first-order valence-corrected chi connectivity index (χ1v) is 6.72. The number of nitrogens with one attached hydrogen (secondary N) is 1. The predicted molar refractivity (Wildman–Crippen MR) is 72.6 cm³/mol. The highest BCUT2D eigenvalue weighted by atomic mass is 16.5. The topological polar surface area (TPSA) is 71.5 Å². The molecule has 1 aliphatic heterocycles. The number of carboxylic acids is 1. The second kappa shape index (κ2) is 6.02. The third-order valence-electron chi connectivity index (χ3n) is 3.39. The Morgan fingerprint density at radius 3 is 3.00 bits per heavy atom. The summed E-state index contributed by atoms with van der Waals surface area (Å²) < 4.78 is 5.61. The van der Waals surface area contributed by atoms with Gasteiger partial charge in [-0.3, -0.25) is 0 Å². The molecule has 1 aromatic rings. The van der Waals surface area contributed by atoms with E-state index in [0.717, 1.165) is 25.1 Å². The van der Waals surface area contributed by atoms with Crippen LogP contribution >= 0.6 is 0 Å². The van der Waals surface area contributed by atoms with E-state index in [-0.39, 0.29) is 17.7 Å². The highest BCUT2D eigenvalue weighted by molar-refractivity contribution is 5.88. The van der Waals surface area contributed by atoms with Crippen LogP contribution in [0.25, 0.3) is 0 Å². The smallest absolute Gasteiger partial charge is 0.335 e. The lowest BCUT2D eigenvalue weighted by molar-refractivity contribution is 0.0696. The summed E-state index contributed by atoms with van der Waals surface area (Å²) in [6.45, 7) is 4.80. The van der Waals surface area contributed by atoms with Gasteiger partial charge in [0.15, 0.2) is 0 Å². The van der Waals surface area contributed by atoms with Gasteiger partial charge in [-0.2, -0.15) is 0 Å². The molecule has 1 fully saturated rings. The molecule has 104 valence electrons. The zero-order chi connectivity index (χ0) is 13.8. The minimum atomic E-state index is -0.926. The molecule has 0 radical (unpaired) electrons. The average Bonchev–Trinajstić information content (AvgIpc) is 2.92. The molecular weight excluding hydrogens is 244 g/mol. The summed E-state index contributed by atoms with van der Waals surface area (Å²) >= 11 is 0. The van der Waals surface area contributed by atoms with Crippen molar-refractivity contribution in [1.29, 1.82) is 0 Å². The van der Waals surface area contributed by atoms with E-state index in [2.05, 4.69) is 10.3 Å². The number of pyridine rings is 1. The van der Waals surface area contributed by atoms with Gasteiger partial charge < -0.3 is 15.2 Å². The number of nitrogens with zero attached hydrogens (tertiary/aromatic N) is 1. The molecule has 19 heavy (non-hydrogen) atoms. The lowest BCUT2D eigenvalue weighted by Crippen LogP contribution is -2.30. The zero-order valence-corrected chi connectivity index (χ0v) is 11.3. The number of carboxylic acid groups (broad SMARTS) is 1. The van der Waals surface area contributed by atoms with Crippen molar-refractivity contribution in [2.45, 2.75) is 45.3 Å². The van der Waals surface area contributed by atoms with Crippen LogP contribution < -0.4 is 5.32 Å². The number of aryl methyl sites for hydroxylation is 1. The zero-order valence-electron chi connectivity index (χ0n) is 11.3.